The molecule has 0 aliphatic carbocycles. The molecule has 22 heavy (non-hydrogen) atoms. The molecule has 0 aromatic rings. The van der Waals surface area contributed by atoms with Crippen LogP contribution < -0.4 is 0 Å². The molecule has 0 aliphatic heterocycles. The van der Waals surface area contributed by atoms with Crippen molar-refractivity contribution in [3.63, 3.8) is 0 Å². The van der Waals surface area contributed by atoms with Crippen LogP contribution >= 0.6 is 0 Å². The van der Waals surface area contributed by atoms with Gasteiger partial charge in [-0.05, 0) is 47.0 Å². The molecule has 0 aliphatic rings. The van der Waals surface area contributed by atoms with Crippen molar-refractivity contribution in [2.45, 2.75) is 92.3 Å². The fourth-order valence-corrected chi connectivity index (χ4v) is 1.71. The van der Waals surface area contributed by atoms with E-state index in [1.165, 1.54) is 0 Å². The Bertz CT molecular complexity index is 257. The molecule has 0 aromatic heterocycles. The molecule has 0 bridgehead atoms. The van der Waals surface area contributed by atoms with E-state index in [1.54, 1.807) is 0 Å². The Morgan fingerprint density at radius 1 is 0.591 bits per heavy atom. The van der Waals surface area contributed by atoms with Gasteiger partial charge in [-0.25, -0.2) is 0 Å². The van der Waals surface area contributed by atoms with Gasteiger partial charge in [-0.1, -0.05) is 20.8 Å². The molecule has 0 saturated heterocycles. The fourth-order valence-electron chi connectivity index (χ4n) is 1.71. The summed E-state index contributed by atoms with van der Waals surface area (Å²) in [7, 11) is 0. The van der Waals surface area contributed by atoms with Crippen LogP contribution in [0.5, 0.6) is 0 Å². The van der Waals surface area contributed by atoms with Crippen LogP contribution in [0.25, 0.3) is 0 Å². The van der Waals surface area contributed by atoms with Crippen molar-refractivity contribution in [1.82, 2.24) is 0 Å². The molecule has 4 heteroatoms. The molecule has 4 nitrogen and oxygen atoms in total. The maximum Gasteiger partial charge on any atom is 0.0784 e. The number of rotatable bonds is 13. The van der Waals surface area contributed by atoms with Crippen molar-refractivity contribution >= 4 is 0 Å². The van der Waals surface area contributed by atoms with Gasteiger partial charge in [0, 0.05) is 0 Å². The minimum Gasteiger partial charge on any atom is -0.376 e. The van der Waals surface area contributed by atoms with Crippen LogP contribution in [0.2, 0.25) is 0 Å². The predicted octanol–water partition coefficient (Wildman–Crippen LogP) is 4.06. The molecule has 0 rings (SSSR count). The number of ether oxygens (including phenoxy) is 4. The highest BCUT2D eigenvalue weighted by molar-refractivity contribution is 4.59. The van der Waals surface area contributed by atoms with E-state index in [4.69, 9.17) is 18.9 Å². The van der Waals surface area contributed by atoms with Gasteiger partial charge >= 0.3 is 0 Å². The maximum absolute atomic E-state index is 5.78. The Morgan fingerprint density at radius 3 is 1.50 bits per heavy atom. The second-order valence-corrected chi connectivity index (χ2v) is 6.74. The molecule has 0 aromatic carbocycles. The first-order chi connectivity index (χ1) is 10.3. The summed E-state index contributed by atoms with van der Waals surface area (Å²) in [5.74, 6) is 0.529. The van der Waals surface area contributed by atoms with E-state index < -0.39 is 0 Å². The molecule has 0 N–H and O–H groups in total. The molecular weight excluding hydrogens is 280 g/mol. The van der Waals surface area contributed by atoms with E-state index in [9.17, 15) is 0 Å². The first-order valence-corrected chi connectivity index (χ1v) is 8.76. The average molecular weight is 318 g/mol. The summed E-state index contributed by atoms with van der Waals surface area (Å²) in [6.45, 7) is 18.5. The minimum atomic E-state index is 0.0629. The van der Waals surface area contributed by atoms with Crippen LogP contribution in [-0.4, -0.2) is 50.3 Å². The summed E-state index contributed by atoms with van der Waals surface area (Å²) < 4.78 is 23.1. The van der Waals surface area contributed by atoms with Crippen molar-refractivity contribution in [3.8, 4) is 0 Å². The highest BCUT2D eigenvalue weighted by atomic mass is 16.6. The molecule has 0 fully saturated rings. The van der Waals surface area contributed by atoms with Gasteiger partial charge in [-0.2, -0.15) is 0 Å². The monoisotopic (exact) mass is 318 g/mol. The van der Waals surface area contributed by atoms with Crippen molar-refractivity contribution in [2.75, 3.05) is 19.8 Å². The zero-order chi connectivity index (χ0) is 17.1. The maximum atomic E-state index is 5.78. The highest BCUT2D eigenvalue weighted by Crippen LogP contribution is 2.08. The van der Waals surface area contributed by atoms with Gasteiger partial charge in [-0.15, -0.1) is 0 Å². The van der Waals surface area contributed by atoms with Crippen LogP contribution in [0.3, 0.4) is 0 Å². The predicted molar refractivity (Wildman–Crippen MR) is 91.4 cm³/mol. The third-order valence-electron chi connectivity index (χ3n) is 3.80. The lowest BCUT2D eigenvalue weighted by atomic mass is 10.1. The Hall–Kier alpha value is -0.160. The van der Waals surface area contributed by atoms with E-state index in [0.717, 1.165) is 6.42 Å². The van der Waals surface area contributed by atoms with E-state index >= 15 is 0 Å². The largest absolute Gasteiger partial charge is 0.376 e. The molecule has 134 valence electrons. The zero-order valence-corrected chi connectivity index (χ0v) is 15.9. The lowest BCUT2D eigenvalue weighted by Gasteiger charge is -2.23. The van der Waals surface area contributed by atoms with Crippen LogP contribution in [0.4, 0.5) is 0 Å². The van der Waals surface area contributed by atoms with Gasteiger partial charge in [-0.3, -0.25) is 0 Å². The van der Waals surface area contributed by atoms with E-state index in [0.29, 0.717) is 25.7 Å². The zero-order valence-electron chi connectivity index (χ0n) is 15.9. The first kappa shape index (κ1) is 21.8. The summed E-state index contributed by atoms with van der Waals surface area (Å²) in [6.07, 6.45) is 1.83. The Labute approximate surface area is 137 Å². The summed E-state index contributed by atoms with van der Waals surface area (Å²) in [5.41, 5.74) is 0. The van der Waals surface area contributed by atoms with Crippen LogP contribution in [0, 0.1) is 5.92 Å². The third kappa shape index (κ3) is 11.4. The lowest BCUT2D eigenvalue weighted by molar-refractivity contribution is -0.0968. The molecule has 5 atom stereocenters. The molecule has 0 heterocycles. The number of hydrogen-bond donors (Lipinski definition) is 0. The van der Waals surface area contributed by atoms with Gasteiger partial charge in [0.2, 0.25) is 0 Å². The molecule has 0 spiro atoms. The Kier molecular flexibility index (Phi) is 12.2. The van der Waals surface area contributed by atoms with Crippen molar-refractivity contribution < 1.29 is 18.9 Å². The average Bonchev–Trinajstić information content (AvgIpc) is 2.47. The molecule has 5 unspecified atom stereocenters. The molecule has 0 saturated carbocycles. The summed E-state index contributed by atoms with van der Waals surface area (Å²) in [5, 5.41) is 0. The van der Waals surface area contributed by atoms with Crippen LogP contribution in [0.15, 0.2) is 0 Å². The van der Waals surface area contributed by atoms with E-state index in [1.807, 2.05) is 20.8 Å². The smallest absolute Gasteiger partial charge is 0.0784 e. The standard InChI is InChI=1S/C18H38O4/c1-9-14(4)22-17(7)12-20-15(5)10-19-16(6)11-21-18(8)13(2)3/h13-18H,9-12H2,1-8H3. The molecule has 0 radical (unpaired) electrons. The fraction of sp³-hybridized carbons (Fsp3) is 1.00. The van der Waals surface area contributed by atoms with Gasteiger partial charge < -0.3 is 18.9 Å². The lowest BCUT2D eigenvalue weighted by Crippen LogP contribution is -2.29. The van der Waals surface area contributed by atoms with Gasteiger partial charge in [0.25, 0.3) is 0 Å². The SMILES string of the molecule is CCC(C)OC(C)COC(C)COC(C)COC(C)C(C)C. The van der Waals surface area contributed by atoms with Crippen LogP contribution in [-0.2, 0) is 18.9 Å². The normalized spacial score (nSPS) is 19.0. The van der Waals surface area contributed by atoms with Crippen LogP contribution in [0.1, 0.15) is 61.8 Å². The molecular formula is C18H38O4. The summed E-state index contributed by atoms with van der Waals surface area (Å²) in [4.78, 5) is 0. The van der Waals surface area contributed by atoms with Crippen molar-refractivity contribution in [3.05, 3.63) is 0 Å². The molecule has 0 amide bonds. The van der Waals surface area contributed by atoms with E-state index in [-0.39, 0.29) is 30.5 Å². The highest BCUT2D eigenvalue weighted by Gasteiger charge is 2.13. The van der Waals surface area contributed by atoms with Crippen molar-refractivity contribution in [2.24, 2.45) is 5.92 Å². The summed E-state index contributed by atoms with van der Waals surface area (Å²) >= 11 is 0. The Morgan fingerprint density at radius 2 is 1.05 bits per heavy atom. The quantitative estimate of drug-likeness (QED) is 0.513. The topological polar surface area (TPSA) is 36.9 Å². The third-order valence-corrected chi connectivity index (χ3v) is 3.80. The van der Waals surface area contributed by atoms with E-state index in [2.05, 4.69) is 34.6 Å². The minimum absolute atomic E-state index is 0.0629. The summed E-state index contributed by atoms with van der Waals surface area (Å²) in [6, 6.07) is 0. The second-order valence-electron chi connectivity index (χ2n) is 6.74. The van der Waals surface area contributed by atoms with Gasteiger partial charge in [0.15, 0.2) is 0 Å². The first-order valence-electron chi connectivity index (χ1n) is 8.76. The number of hydrogen-bond acceptors (Lipinski definition) is 4. The Balaban J connectivity index is 3.73. The van der Waals surface area contributed by atoms with Crippen molar-refractivity contribution in [1.29, 1.82) is 0 Å². The van der Waals surface area contributed by atoms with Gasteiger partial charge in [0.1, 0.15) is 0 Å². The second kappa shape index (κ2) is 12.3. The van der Waals surface area contributed by atoms with Gasteiger partial charge in [0.05, 0.1) is 50.3 Å².